The summed E-state index contributed by atoms with van der Waals surface area (Å²) in [6.07, 6.45) is 2.60. The zero-order valence-electron chi connectivity index (χ0n) is 16.1. The monoisotopic (exact) mass is 412 g/mol. The summed E-state index contributed by atoms with van der Waals surface area (Å²) in [7, 11) is 0. The Labute approximate surface area is 173 Å². The van der Waals surface area contributed by atoms with Crippen LogP contribution in [0.25, 0.3) is 10.2 Å². The first kappa shape index (κ1) is 19.4. The lowest BCUT2D eigenvalue weighted by Gasteiger charge is -2.16. The lowest BCUT2D eigenvalue weighted by molar-refractivity contribution is -0.119. The normalized spacial score (nSPS) is 17.3. The van der Waals surface area contributed by atoms with Crippen molar-refractivity contribution in [2.45, 2.75) is 37.9 Å². The highest BCUT2D eigenvalue weighted by molar-refractivity contribution is 8.00. The molecule has 7 heteroatoms. The summed E-state index contributed by atoms with van der Waals surface area (Å²) < 4.78 is 0. The Balaban J connectivity index is 1.30. The standard InChI is InChI=1S/C21H24N4OS2/c1-14-15(2)28-21-19(14)20(22-13-23-21)27-12-18(26)24-17-8-9-25(11-17)10-16-6-4-3-5-7-16/h3-7,13,17H,8-12H2,1-2H3,(H,24,26)/t17-/m0/s1. The highest BCUT2D eigenvalue weighted by Gasteiger charge is 2.24. The van der Waals surface area contributed by atoms with Crippen LogP contribution in [0.2, 0.25) is 0 Å². The second-order valence-electron chi connectivity index (χ2n) is 7.20. The van der Waals surface area contributed by atoms with E-state index in [0.29, 0.717) is 5.75 Å². The van der Waals surface area contributed by atoms with Gasteiger partial charge in [0.15, 0.2) is 0 Å². The van der Waals surface area contributed by atoms with E-state index in [1.165, 1.54) is 27.8 Å². The average Bonchev–Trinajstić information content (AvgIpc) is 3.25. The first-order chi connectivity index (χ1) is 13.6. The summed E-state index contributed by atoms with van der Waals surface area (Å²) in [5.74, 6) is 0.461. The largest absolute Gasteiger partial charge is 0.351 e. The fourth-order valence-corrected chi connectivity index (χ4v) is 5.53. The number of aryl methyl sites for hydroxylation is 2. The van der Waals surface area contributed by atoms with Crippen molar-refractivity contribution >= 4 is 39.2 Å². The van der Waals surface area contributed by atoms with E-state index < -0.39 is 0 Å². The van der Waals surface area contributed by atoms with Gasteiger partial charge in [0.25, 0.3) is 0 Å². The molecule has 2 aromatic heterocycles. The van der Waals surface area contributed by atoms with Crippen LogP contribution in [-0.4, -0.2) is 45.7 Å². The van der Waals surface area contributed by atoms with E-state index in [2.05, 4.69) is 58.3 Å². The molecule has 0 aliphatic carbocycles. The molecule has 1 saturated heterocycles. The minimum atomic E-state index is 0.0768. The number of thiophene rings is 1. The number of aromatic nitrogens is 2. The zero-order chi connectivity index (χ0) is 19.5. The van der Waals surface area contributed by atoms with Crippen LogP contribution < -0.4 is 5.32 Å². The van der Waals surface area contributed by atoms with Crippen molar-refractivity contribution < 1.29 is 4.79 Å². The number of likely N-dealkylation sites (tertiary alicyclic amines) is 1. The van der Waals surface area contributed by atoms with Crippen LogP contribution in [0.4, 0.5) is 0 Å². The van der Waals surface area contributed by atoms with Crippen molar-refractivity contribution in [2.24, 2.45) is 0 Å². The molecule has 1 fully saturated rings. The Bertz CT molecular complexity index is 973. The fourth-order valence-electron chi connectivity index (χ4n) is 3.60. The van der Waals surface area contributed by atoms with Gasteiger partial charge >= 0.3 is 0 Å². The number of nitrogens with one attached hydrogen (secondary N) is 1. The Kier molecular flexibility index (Phi) is 5.94. The first-order valence-corrected chi connectivity index (χ1v) is 11.3. The lowest BCUT2D eigenvalue weighted by Crippen LogP contribution is -2.38. The molecule has 0 spiro atoms. The van der Waals surface area contributed by atoms with Gasteiger partial charge in [0.2, 0.25) is 5.91 Å². The van der Waals surface area contributed by atoms with E-state index in [9.17, 15) is 4.79 Å². The SMILES string of the molecule is Cc1sc2ncnc(SCC(=O)N[C@H]3CCN(Cc4ccccc4)C3)c2c1C. The average molecular weight is 413 g/mol. The maximum absolute atomic E-state index is 12.5. The molecule has 146 valence electrons. The molecular weight excluding hydrogens is 388 g/mol. The number of thioether (sulfide) groups is 1. The molecule has 3 heterocycles. The van der Waals surface area contributed by atoms with E-state index >= 15 is 0 Å². The van der Waals surface area contributed by atoms with E-state index in [-0.39, 0.29) is 11.9 Å². The Morgan fingerprint density at radius 2 is 2.11 bits per heavy atom. The molecule has 28 heavy (non-hydrogen) atoms. The highest BCUT2D eigenvalue weighted by atomic mass is 32.2. The number of hydrogen-bond acceptors (Lipinski definition) is 6. The molecule has 0 saturated carbocycles. The van der Waals surface area contributed by atoms with Gasteiger partial charge in [-0.25, -0.2) is 9.97 Å². The number of amides is 1. The minimum absolute atomic E-state index is 0.0768. The van der Waals surface area contributed by atoms with Crippen LogP contribution >= 0.6 is 23.1 Å². The molecule has 1 aliphatic rings. The molecule has 1 amide bonds. The maximum atomic E-state index is 12.5. The molecule has 0 bridgehead atoms. The van der Waals surface area contributed by atoms with Gasteiger partial charge in [0.1, 0.15) is 16.2 Å². The van der Waals surface area contributed by atoms with Crippen LogP contribution in [0.5, 0.6) is 0 Å². The number of carbonyl (C=O) groups excluding carboxylic acids is 1. The third-order valence-electron chi connectivity index (χ3n) is 5.16. The summed E-state index contributed by atoms with van der Waals surface area (Å²) in [5, 5.41) is 5.19. The van der Waals surface area contributed by atoms with Crippen molar-refractivity contribution in [1.82, 2.24) is 20.2 Å². The number of rotatable bonds is 6. The third-order valence-corrected chi connectivity index (χ3v) is 7.26. The van der Waals surface area contributed by atoms with Crippen LogP contribution in [0.15, 0.2) is 41.7 Å². The Hall–Kier alpha value is -1.96. The van der Waals surface area contributed by atoms with Crippen molar-refractivity contribution in [3.8, 4) is 0 Å². The number of nitrogens with zero attached hydrogens (tertiary/aromatic N) is 3. The van der Waals surface area contributed by atoms with Crippen molar-refractivity contribution in [3.63, 3.8) is 0 Å². The third kappa shape index (κ3) is 4.37. The summed E-state index contributed by atoms with van der Waals surface area (Å²) in [6.45, 7) is 7.07. The summed E-state index contributed by atoms with van der Waals surface area (Å²) >= 11 is 3.19. The zero-order valence-corrected chi connectivity index (χ0v) is 17.8. The van der Waals surface area contributed by atoms with Crippen molar-refractivity contribution in [2.75, 3.05) is 18.8 Å². The molecule has 1 aliphatic heterocycles. The van der Waals surface area contributed by atoms with Gasteiger partial charge in [0.05, 0.1) is 5.75 Å². The highest BCUT2D eigenvalue weighted by Crippen LogP contribution is 2.34. The van der Waals surface area contributed by atoms with Gasteiger partial charge in [-0.15, -0.1) is 11.3 Å². The van der Waals surface area contributed by atoms with E-state index in [0.717, 1.165) is 41.3 Å². The Morgan fingerprint density at radius 1 is 1.29 bits per heavy atom. The number of fused-ring (bicyclic) bond motifs is 1. The van der Waals surface area contributed by atoms with Crippen molar-refractivity contribution in [1.29, 1.82) is 0 Å². The molecule has 5 nitrogen and oxygen atoms in total. The number of benzene rings is 1. The molecular formula is C21H24N4OS2. The van der Waals surface area contributed by atoms with Crippen molar-refractivity contribution in [3.05, 3.63) is 52.7 Å². The molecule has 0 unspecified atom stereocenters. The minimum Gasteiger partial charge on any atom is -0.351 e. The second-order valence-corrected chi connectivity index (χ2v) is 9.37. The van der Waals surface area contributed by atoms with Crippen LogP contribution in [0, 0.1) is 13.8 Å². The molecule has 1 aromatic carbocycles. The Morgan fingerprint density at radius 3 is 2.93 bits per heavy atom. The molecule has 1 N–H and O–H groups in total. The summed E-state index contributed by atoms with van der Waals surface area (Å²) in [5.41, 5.74) is 2.54. The summed E-state index contributed by atoms with van der Waals surface area (Å²) in [4.78, 5) is 25.9. The predicted octanol–water partition coefficient (Wildman–Crippen LogP) is 3.79. The van der Waals surface area contributed by atoms with Gasteiger partial charge in [-0.3, -0.25) is 9.69 Å². The van der Waals surface area contributed by atoms with E-state index in [1.807, 2.05) is 6.07 Å². The molecule has 1 atom stereocenters. The fraction of sp³-hybridized carbons (Fsp3) is 0.381. The molecule has 4 rings (SSSR count). The smallest absolute Gasteiger partial charge is 0.230 e. The van der Waals surface area contributed by atoms with Gasteiger partial charge in [-0.1, -0.05) is 42.1 Å². The second kappa shape index (κ2) is 8.59. The van der Waals surface area contributed by atoms with E-state index in [1.54, 1.807) is 17.7 Å². The maximum Gasteiger partial charge on any atom is 0.230 e. The van der Waals surface area contributed by atoms with Crippen LogP contribution in [-0.2, 0) is 11.3 Å². The molecule has 0 radical (unpaired) electrons. The van der Waals surface area contributed by atoms with Gasteiger partial charge in [-0.05, 0) is 31.4 Å². The first-order valence-electron chi connectivity index (χ1n) is 9.49. The predicted molar refractivity (Wildman–Crippen MR) is 116 cm³/mol. The number of hydrogen-bond donors (Lipinski definition) is 1. The number of carbonyl (C=O) groups is 1. The van der Waals surface area contributed by atoms with Gasteiger partial charge in [-0.2, -0.15) is 0 Å². The topological polar surface area (TPSA) is 58.1 Å². The van der Waals surface area contributed by atoms with Crippen LogP contribution in [0.1, 0.15) is 22.4 Å². The van der Waals surface area contributed by atoms with Gasteiger partial charge in [0, 0.05) is 35.9 Å². The van der Waals surface area contributed by atoms with Crippen LogP contribution in [0.3, 0.4) is 0 Å². The lowest BCUT2D eigenvalue weighted by atomic mass is 10.2. The quantitative estimate of drug-likeness (QED) is 0.493. The molecule has 3 aromatic rings. The van der Waals surface area contributed by atoms with Gasteiger partial charge < -0.3 is 5.32 Å². The summed E-state index contributed by atoms with van der Waals surface area (Å²) in [6, 6.07) is 10.7. The van der Waals surface area contributed by atoms with E-state index in [4.69, 9.17) is 0 Å².